The number of carbonyl (C=O) groups is 2. The Kier molecular flexibility index (Phi) is 6.58. The summed E-state index contributed by atoms with van der Waals surface area (Å²) >= 11 is 7.77. The van der Waals surface area contributed by atoms with Gasteiger partial charge in [0.05, 0.1) is 12.7 Å². The number of thiazole rings is 1. The molecule has 4 heterocycles. The van der Waals surface area contributed by atoms with Gasteiger partial charge in [-0.05, 0) is 24.5 Å². The van der Waals surface area contributed by atoms with Crippen molar-refractivity contribution < 1.29 is 23.8 Å². The van der Waals surface area contributed by atoms with Crippen LogP contribution in [0, 0.1) is 11.7 Å². The fourth-order valence-electron chi connectivity index (χ4n) is 5.08. The summed E-state index contributed by atoms with van der Waals surface area (Å²) in [6, 6.07) is 2.60. The van der Waals surface area contributed by atoms with Crippen molar-refractivity contribution in [3.63, 3.8) is 0 Å². The first-order valence-corrected chi connectivity index (χ1v) is 12.3. The Morgan fingerprint density at radius 3 is 2.89 bits per heavy atom. The van der Waals surface area contributed by atoms with Gasteiger partial charge in [-0.1, -0.05) is 17.7 Å². The number of ether oxygens (including phenoxy) is 1. The highest BCUT2D eigenvalue weighted by Gasteiger charge is 2.44. The fraction of sp³-hybridized carbons (Fsp3) is 0.391. The molecule has 2 saturated heterocycles. The number of esters is 1. The second-order valence-electron chi connectivity index (χ2n) is 8.76. The van der Waals surface area contributed by atoms with Gasteiger partial charge in [-0.25, -0.2) is 14.2 Å². The van der Waals surface area contributed by atoms with Gasteiger partial charge < -0.3 is 20.5 Å². The topological polar surface area (TPSA) is 116 Å². The number of aliphatic carboxylic acids is 1. The minimum absolute atomic E-state index is 0.0357. The minimum atomic E-state index is -0.853. The third-order valence-electron chi connectivity index (χ3n) is 6.52. The molecule has 5 rings (SSSR count). The molecule has 12 heteroatoms. The molecule has 184 valence electrons. The van der Waals surface area contributed by atoms with Gasteiger partial charge in [0.15, 0.2) is 10.8 Å². The number of carboxylic acid groups (broad SMARTS) is 1. The van der Waals surface area contributed by atoms with E-state index in [9.17, 15) is 19.1 Å². The lowest BCUT2D eigenvalue weighted by atomic mass is 9.93. The first-order chi connectivity index (χ1) is 16.8. The molecule has 0 spiro atoms. The summed E-state index contributed by atoms with van der Waals surface area (Å²) in [5, 5.41) is 18.6. The fourth-order valence-corrected chi connectivity index (χ4v) is 5.94. The molecule has 0 aliphatic carbocycles. The number of fused-ring (bicyclic) bond motifs is 2. The van der Waals surface area contributed by atoms with E-state index in [2.05, 4.69) is 20.5 Å². The van der Waals surface area contributed by atoms with E-state index in [4.69, 9.17) is 21.3 Å². The largest absolute Gasteiger partial charge is 0.480 e. The van der Waals surface area contributed by atoms with Crippen LogP contribution < -0.4 is 10.6 Å². The number of amidine groups is 1. The monoisotopic (exact) mass is 519 g/mol. The van der Waals surface area contributed by atoms with E-state index in [0.29, 0.717) is 41.7 Å². The van der Waals surface area contributed by atoms with Crippen LogP contribution in [0.1, 0.15) is 23.0 Å². The van der Waals surface area contributed by atoms with Crippen LogP contribution in [0.3, 0.4) is 0 Å². The van der Waals surface area contributed by atoms with Gasteiger partial charge in [-0.2, -0.15) is 0 Å². The number of likely N-dealkylation sites (tertiary alicyclic amines) is 1. The van der Waals surface area contributed by atoms with E-state index in [-0.39, 0.29) is 22.6 Å². The number of aliphatic imine (C=N–C) groups is 1. The molecule has 9 nitrogen and oxygen atoms in total. The summed E-state index contributed by atoms with van der Waals surface area (Å²) < 4.78 is 18.9. The maximum Gasteiger partial charge on any atom is 0.338 e. The van der Waals surface area contributed by atoms with Crippen molar-refractivity contribution in [1.29, 1.82) is 0 Å². The van der Waals surface area contributed by atoms with E-state index < -0.39 is 29.8 Å². The Labute approximate surface area is 209 Å². The Bertz CT molecular complexity index is 1220. The number of aromatic nitrogens is 1. The van der Waals surface area contributed by atoms with Crippen molar-refractivity contribution >= 4 is 40.7 Å². The van der Waals surface area contributed by atoms with E-state index in [1.165, 1.54) is 36.6 Å². The van der Waals surface area contributed by atoms with Crippen molar-refractivity contribution in [1.82, 2.24) is 20.5 Å². The van der Waals surface area contributed by atoms with E-state index >= 15 is 0 Å². The summed E-state index contributed by atoms with van der Waals surface area (Å²) in [5.41, 5.74) is 1.30. The number of nitrogens with one attached hydrogen (secondary N) is 2. The predicted molar refractivity (Wildman–Crippen MR) is 128 cm³/mol. The molecule has 3 aliphatic rings. The van der Waals surface area contributed by atoms with Gasteiger partial charge >= 0.3 is 11.9 Å². The van der Waals surface area contributed by atoms with Crippen molar-refractivity contribution in [3.8, 4) is 0 Å². The molecule has 4 atom stereocenters. The lowest BCUT2D eigenvalue weighted by Gasteiger charge is -2.34. The molecule has 1 aromatic carbocycles. The third kappa shape index (κ3) is 4.68. The van der Waals surface area contributed by atoms with Gasteiger partial charge in [0.1, 0.15) is 17.9 Å². The lowest BCUT2D eigenvalue weighted by Crippen LogP contribution is -2.45. The zero-order valence-corrected chi connectivity index (χ0v) is 20.3. The molecule has 1 aromatic heterocycles. The molecule has 2 aromatic rings. The van der Waals surface area contributed by atoms with Gasteiger partial charge in [-0.3, -0.25) is 14.7 Å². The minimum Gasteiger partial charge on any atom is -0.480 e. The number of carbonyl (C=O) groups excluding carboxylic acids is 1. The number of carboxylic acids is 1. The Morgan fingerprint density at radius 1 is 1.37 bits per heavy atom. The molecular weight excluding hydrogens is 497 g/mol. The SMILES string of the molecule is COC(=O)C1=C(CN2CC3CC(C2)C(C(=O)O)N3)NC(c2nccs2)=N[C@H]1c1ccc(F)cc1Cl. The molecule has 0 saturated carbocycles. The number of nitrogens with zero attached hydrogens (tertiary/aromatic N) is 3. The summed E-state index contributed by atoms with van der Waals surface area (Å²) in [6.07, 6.45) is 2.45. The molecule has 0 radical (unpaired) electrons. The Balaban J connectivity index is 1.54. The maximum atomic E-state index is 13.8. The first-order valence-electron chi connectivity index (χ1n) is 11.1. The first kappa shape index (κ1) is 23.9. The van der Waals surface area contributed by atoms with Crippen molar-refractivity contribution in [3.05, 3.63) is 62.5 Å². The number of methoxy groups -OCH3 is 1. The van der Waals surface area contributed by atoms with Crippen molar-refractivity contribution in [2.75, 3.05) is 26.7 Å². The lowest BCUT2D eigenvalue weighted by molar-refractivity contribution is -0.140. The van der Waals surface area contributed by atoms with E-state index in [1.54, 1.807) is 6.20 Å². The van der Waals surface area contributed by atoms with Gasteiger partial charge in [-0.15, -0.1) is 11.3 Å². The zero-order valence-electron chi connectivity index (χ0n) is 18.7. The number of hydrogen-bond donors (Lipinski definition) is 3. The maximum absolute atomic E-state index is 13.8. The zero-order chi connectivity index (χ0) is 24.7. The summed E-state index contributed by atoms with van der Waals surface area (Å²) in [4.78, 5) is 35.9. The third-order valence-corrected chi connectivity index (χ3v) is 7.62. The molecule has 35 heavy (non-hydrogen) atoms. The van der Waals surface area contributed by atoms with Crippen LogP contribution in [0.25, 0.3) is 0 Å². The molecule has 3 unspecified atom stereocenters. The highest BCUT2D eigenvalue weighted by Crippen LogP contribution is 2.37. The Hall–Kier alpha value is -2.86. The van der Waals surface area contributed by atoms with Crippen LogP contribution >= 0.6 is 22.9 Å². The van der Waals surface area contributed by atoms with Crippen LogP contribution in [0.5, 0.6) is 0 Å². The summed E-state index contributed by atoms with van der Waals surface area (Å²) in [5.74, 6) is -1.50. The second-order valence-corrected chi connectivity index (χ2v) is 10.1. The summed E-state index contributed by atoms with van der Waals surface area (Å²) in [6.45, 7) is 1.53. The molecular formula is C23H23ClFN5O4S. The smallest absolute Gasteiger partial charge is 0.338 e. The average Bonchev–Trinajstić information content (AvgIpc) is 3.46. The predicted octanol–water partition coefficient (Wildman–Crippen LogP) is 2.20. The van der Waals surface area contributed by atoms with Crippen LogP contribution in [0.2, 0.25) is 5.02 Å². The van der Waals surface area contributed by atoms with Gasteiger partial charge in [0, 0.05) is 53.5 Å². The van der Waals surface area contributed by atoms with Crippen molar-refractivity contribution in [2.45, 2.75) is 24.5 Å². The van der Waals surface area contributed by atoms with Crippen LogP contribution in [-0.4, -0.2) is 71.6 Å². The second kappa shape index (κ2) is 9.65. The quantitative estimate of drug-likeness (QED) is 0.497. The molecule has 2 fully saturated rings. The number of rotatable bonds is 6. The number of piperidine rings is 1. The number of benzene rings is 1. The molecule has 0 amide bonds. The standard InChI is InChI=1S/C23H23ClFN5O4S/c1-34-23(33)17-16(10-30-8-11-6-13(9-30)27-18(11)22(31)32)28-20(21-26-4-5-35-21)29-19(17)14-3-2-12(25)7-15(14)24/h2-5,7,11,13,18-19,27H,6,8-10H2,1H3,(H,28,29)(H,31,32)/t11?,13?,18?,19-/m0/s1. The molecule has 3 N–H and O–H groups in total. The normalized spacial score (nSPS) is 26.3. The van der Waals surface area contributed by atoms with Gasteiger partial charge in [0.2, 0.25) is 0 Å². The molecule has 3 aliphatic heterocycles. The molecule has 2 bridgehead atoms. The van der Waals surface area contributed by atoms with Crippen molar-refractivity contribution in [2.24, 2.45) is 10.9 Å². The van der Waals surface area contributed by atoms with Crippen LogP contribution in [0.15, 0.2) is 46.0 Å². The highest BCUT2D eigenvalue weighted by atomic mass is 35.5. The van der Waals surface area contributed by atoms with E-state index in [0.717, 1.165) is 6.42 Å². The van der Waals surface area contributed by atoms with Crippen LogP contribution in [-0.2, 0) is 14.3 Å². The highest BCUT2D eigenvalue weighted by molar-refractivity contribution is 7.11. The van der Waals surface area contributed by atoms with Gasteiger partial charge in [0.25, 0.3) is 0 Å². The summed E-state index contributed by atoms with van der Waals surface area (Å²) in [7, 11) is 1.29. The average molecular weight is 520 g/mol. The number of hydrogen-bond acceptors (Lipinski definition) is 9. The van der Waals surface area contributed by atoms with E-state index in [1.807, 2.05) is 5.38 Å². The number of halogens is 2. The van der Waals surface area contributed by atoms with Crippen LogP contribution in [0.4, 0.5) is 4.39 Å². The Morgan fingerprint density at radius 2 is 2.20 bits per heavy atom.